The van der Waals surface area contributed by atoms with Crippen LogP contribution in [0.5, 0.6) is 5.75 Å². The summed E-state index contributed by atoms with van der Waals surface area (Å²) in [7, 11) is 0. The first kappa shape index (κ1) is 17.2. The second kappa shape index (κ2) is 7.49. The summed E-state index contributed by atoms with van der Waals surface area (Å²) in [6.45, 7) is 1.40. The van der Waals surface area contributed by atoms with Gasteiger partial charge in [-0.25, -0.2) is 0 Å². The molecule has 5 heteroatoms. The molecule has 0 amide bonds. The quantitative estimate of drug-likeness (QED) is 0.455. The Morgan fingerprint density at radius 1 is 0.840 bits per heavy atom. The first-order valence-electron chi connectivity index (χ1n) is 8.63. The largest absolute Gasteiger partial charge is 0.507 e. The van der Waals surface area contributed by atoms with Gasteiger partial charge in [-0.05, 0) is 31.5 Å². The van der Waals surface area contributed by atoms with Crippen LogP contribution in [-0.4, -0.2) is 29.8 Å². The van der Waals surface area contributed by atoms with Gasteiger partial charge in [0, 0.05) is 23.4 Å². The van der Waals surface area contributed by atoms with E-state index in [1.807, 2.05) is 0 Å². The normalized spacial score (nSPS) is 12.7. The van der Waals surface area contributed by atoms with Gasteiger partial charge in [-0.3, -0.25) is 9.59 Å². The number of rotatable bonds is 7. The van der Waals surface area contributed by atoms with Crippen molar-refractivity contribution in [3.05, 3.63) is 58.7 Å². The van der Waals surface area contributed by atoms with Gasteiger partial charge in [0.15, 0.2) is 11.6 Å². The lowest BCUT2D eigenvalue weighted by molar-refractivity contribution is 0.0977. The van der Waals surface area contributed by atoms with Crippen LogP contribution in [0.4, 0.5) is 5.69 Å². The molecule has 5 nitrogen and oxygen atoms in total. The molecule has 130 valence electrons. The number of phenols is 1. The van der Waals surface area contributed by atoms with E-state index in [4.69, 9.17) is 5.73 Å². The molecule has 0 radical (unpaired) electrons. The summed E-state index contributed by atoms with van der Waals surface area (Å²) < 4.78 is 0. The lowest BCUT2D eigenvalue weighted by Crippen LogP contribution is -2.23. The number of carbonyl (C=O) groups is 2. The van der Waals surface area contributed by atoms with Gasteiger partial charge < -0.3 is 16.2 Å². The number of nitrogens with one attached hydrogen (secondary N) is 1. The van der Waals surface area contributed by atoms with E-state index in [-0.39, 0.29) is 28.4 Å². The molecule has 0 atom stereocenters. The highest BCUT2D eigenvalue weighted by atomic mass is 16.3. The standard InChI is InChI=1S/C20H22N2O3/c21-11-5-1-2-6-12-22-15-9-10-16(23)18-17(15)19(24)13-7-3-4-8-14(13)20(18)25/h3-4,7-10,22-23H,1-2,5-6,11-12,21H2. The molecular formula is C20H22N2O3. The van der Waals surface area contributed by atoms with Gasteiger partial charge in [0.25, 0.3) is 0 Å². The van der Waals surface area contributed by atoms with Crippen molar-refractivity contribution >= 4 is 17.3 Å². The number of nitrogens with two attached hydrogens (primary N) is 1. The van der Waals surface area contributed by atoms with Gasteiger partial charge in [-0.1, -0.05) is 37.1 Å². The van der Waals surface area contributed by atoms with Crippen LogP contribution in [0.1, 0.15) is 57.5 Å². The summed E-state index contributed by atoms with van der Waals surface area (Å²) in [6.07, 6.45) is 4.10. The first-order valence-corrected chi connectivity index (χ1v) is 8.63. The second-order valence-electron chi connectivity index (χ2n) is 6.22. The number of fused-ring (bicyclic) bond motifs is 2. The average Bonchev–Trinajstić information content (AvgIpc) is 2.63. The minimum absolute atomic E-state index is 0.0943. The van der Waals surface area contributed by atoms with Crippen LogP contribution in [0.2, 0.25) is 0 Å². The molecule has 0 aromatic heterocycles. The molecule has 3 rings (SSSR count). The number of benzene rings is 2. The van der Waals surface area contributed by atoms with Crippen molar-refractivity contribution in [2.45, 2.75) is 25.7 Å². The zero-order valence-corrected chi connectivity index (χ0v) is 14.0. The summed E-state index contributed by atoms with van der Waals surface area (Å²) in [6, 6.07) is 9.86. The van der Waals surface area contributed by atoms with E-state index in [0.29, 0.717) is 29.9 Å². The molecule has 0 bridgehead atoms. The Hall–Kier alpha value is -2.66. The third kappa shape index (κ3) is 3.28. The average molecular weight is 338 g/mol. The molecule has 4 N–H and O–H groups in total. The van der Waals surface area contributed by atoms with Gasteiger partial charge >= 0.3 is 0 Å². The van der Waals surface area contributed by atoms with Crippen molar-refractivity contribution < 1.29 is 14.7 Å². The van der Waals surface area contributed by atoms with Crippen LogP contribution in [0.3, 0.4) is 0 Å². The summed E-state index contributed by atoms with van der Waals surface area (Å²) in [5.41, 5.74) is 7.17. The first-order chi connectivity index (χ1) is 12.1. The Kier molecular flexibility index (Phi) is 5.14. The van der Waals surface area contributed by atoms with E-state index in [1.54, 1.807) is 30.3 Å². The number of ketones is 2. The fraction of sp³-hybridized carbons (Fsp3) is 0.300. The number of aromatic hydroxyl groups is 1. The number of unbranched alkanes of at least 4 members (excludes halogenated alkanes) is 3. The van der Waals surface area contributed by atoms with Crippen LogP contribution in [0.15, 0.2) is 36.4 Å². The predicted molar refractivity (Wildman–Crippen MR) is 97.4 cm³/mol. The fourth-order valence-corrected chi connectivity index (χ4v) is 3.20. The topological polar surface area (TPSA) is 92.4 Å². The molecule has 2 aromatic carbocycles. The highest BCUT2D eigenvalue weighted by Crippen LogP contribution is 2.36. The molecule has 0 saturated carbocycles. The van der Waals surface area contributed by atoms with Gasteiger partial charge in [0.1, 0.15) is 5.75 Å². The van der Waals surface area contributed by atoms with E-state index in [2.05, 4.69) is 5.32 Å². The van der Waals surface area contributed by atoms with Gasteiger partial charge in [-0.2, -0.15) is 0 Å². The Balaban J connectivity index is 1.86. The van der Waals surface area contributed by atoms with Crippen molar-refractivity contribution in [2.24, 2.45) is 5.73 Å². The molecule has 2 aromatic rings. The lowest BCUT2D eigenvalue weighted by atomic mass is 9.82. The smallest absolute Gasteiger partial charge is 0.198 e. The van der Waals surface area contributed by atoms with Gasteiger partial charge in [0.05, 0.1) is 11.1 Å². The number of carbonyl (C=O) groups excluding carboxylic acids is 2. The third-order valence-corrected chi connectivity index (χ3v) is 4.50. The highest BCUT2D eigenvalue weighted by Gasteiger charge is 2.33. The van der Waals surface area contributed by atoms with Crippen molar-refractivity contribution in [3.63, 3.8) is 0 Å². The molecule has 0 saturated heterocycles. The Labute approximate surface area is 146 Å². The predicted octanol–water partition coefficient (Wildman–Crippen LogP) is 3.10. The van der Waals surface area contributed by atoms with E-state index < -0.39 is 0 Å². The van der Waals surface area contributed by atoms with E-state index >= 15 is 0 Å². The minimum Gasteiger partial charge on any atom is -0.507 e. The van der Waals surface area contributed by atoms with Crippen molar-refractivity contribution in [1.82, 2.24) is 0 Å². The zero-order valence-electron chi connectivity index (χ0n) is 14.0. The molecule has 0 fully saturated rings. The Morgan fingerprint density at radius 3 is 2.16 bits per heavy atom. The Morgan fingerprint density at radius 2 is 1.48 bits per heavy atom. The fourth-order valence-electron chi connectivity index (χ4n) is 3.20. The van der Waals surface area contributed by atoms with Crippen molar-refractivity contribution in [3.8, 4) is 5.75 Å². The summed E-state index contributed by atoms with van der Waals surface area (Å²) in [5.74, 6) is -0.697. The molecule has 1 aliphatic rings. The number of phenolic OH excluding ortho intramolecular Hbond substituents is 1. The lowest BCUT2D eigenvalue weighted by Gasteiger charge is -2.21. The van der Waals surface area contributed by atoms with E-state index in [0.717, 1.165) is 25.7 Å². The van der Waals surface area contributed by atoms with Crippen LogP contribution in [-0.2, 0) is 0 Å². The van der Waals surface area contributed by atoms with Crippen LogP contribution in [0.25, 0.3) is 0 Å². The maximum absolute atomic E-state index is 12.9. The van der Waals surface area contributed by atoms with E-state index in [9.17, 15) is 14.7 Å². The molecule has 1 aliphatic carbocycles. The maximum Gasteiger partial charge on any atom is 0.198 e. The minimum atomic E-state index is -0.311. The zero-order chi connectivity index (χ0) is 17.8. The number of hydrogen-bond donors (Lipinski definition) is 3. The third-order valence-electron chi connectivity index (χ3n) is 4.50. The monoisotopic (exact) mass is 338 g/mol. The second-order valence-corrected chi connectivity index (χ2v) is 6.22. The summed E-state index contributed by atoms with van der Waals surface area (Å²) in [4.78, 5) is 25.6. The highest BCUT2D eigenvalue weighted by molar-refractivity contribution is 6.31. The molecule has 0 aliphatic heterocycles. The molecule has 0 spiro atoms. The SMILES string of the molecule is NCCCCCCNc1ccc(O)c2c1C(=O)c1ccccc1C2=O. The van der Waals surface area contributed by atoms with Crippen molar-refractivity contribution in [1.29, 1.82) is 0 Å². The van der Waals surface area contributed by atoms with E-state index in [1.165, 1.54) is 6.07 Å². The van der Waals surface area contributed by atoms with Crippen molar-refractivity contribution in [2.75, 3.05) is 18.4 Å². The summed E-state index contributed by atoms with van der Waals surface area (Å²) >= 11 is 0. The molecular weight excluding hydrogens is 316 g/mol. The number of hydrogen-bond acceptors (Lipinski definition) is 5. The Bertz CT molecular complexity index is 815. The molecule has 0 unspecified atom stereocenters. The van der Waals surface area contributed by atoms with Gasteiger partial charge in [0.2, 0.25) is 0 Å². The summed E-state index contributed by atoms with van der Waals surface area (Å²) in [5, 5.41) is 13.4. The van der Waals surface area contributed by atoms with Crippen LogP contribution in [0, 0.1) is 0 Å². The number of anilines is 1. The van der Waals surface area contributed by atoms with Crippen LogP contribution < -0.4 is 11.1 Å². The van der Waals surface area contributed by atoms with Crippen LogP contribution >= 0.6 is 0 Å². The maximum atomic E-state index is 12.9. The molecule has 0 heterocycles. The van der Waals surface area contributed by atoms with Gasteiger partial charge in [-0.15, -0.1) is 0 Å². The molecule has 25 heavy (non-hydrogen) atoms.